The molecule has 0 aliphatic carbocycles. The zero-order valence-electron chi connectivity index (χ0n) is 11.8. The average Bonchev–Trinajstić information content (AvgIpc) is 2.38. The summed E-state index contributed by atoms with van der Waals surface area (Å²) in [5.41, 5.74) is -2.04. The number of hydrogen-bond donors (Lipinski definition) is 1. The van der Waals surface area contributed by atoms with Crippen molar-refractivity contribution < 1.29 is 13.2 Å². The van der Waals surface area contributed by atoms with Crippen molar-refractivity contribution in [1.82, 2.24) is 5.32 Å². The highest BCUT2D eigenvalue weighted by Gasteiger charge is 2.28. The van der Waals surface area contributed by atoms with Crippen LogP contribution in [0.4, 0.5) is 13.2 Å². The maximum absolute atomic E-state index is 12.2. The van der Waals surface area contributed by atoms with Crippen LogP contribution in [0.1, 0.15) is 32.3 Å². The monoisotopic (exact) mass is 303 g/mol. The molecule has 0 aromatic heterocycles. The molecule has 0 atom stereocenters. The third-order valence-corrected chi connectivity index (χ3v) is 3.46. The summed E-state index contributed by atoms with van der Waals surface area (Å²) in [6.07, 6.45) is 4.04. The lowest BCUT2D eigenvalue weighted by Crippen LogP contribution is -2.17. The van der Waals surface area contributed by atoms with Gasteiger partial charge in [-0.2, -0.15) is 13.2 Å². The van der Waals surface area contributed by atoms with Crippen LogP contribution < -0.4 is 5.32 Å². The Labute approximate surface area is 122 Å². The van der Waals surface area contributed by atoms with Gasteiger partial charge in [-0.05, 0) is 48.8 Å². The van der Waals surface area contributed by atoms with Gasteiger partial charge in [-0.15, -0.1) is 0 Å². The van der Waals surface area contributed by atoms with E-state index in [1.54, 1.807) is 12.1 Å². The van der Waals surface area contributed by atoms with Gasteiger partial charge in [-0.25, -0.2) is 0 Å². The molecule has 0 amide bonds. The molecule has 1 aromatic carbocycles. The third kappa shape index (κ3) is 7.01. The fraction of sp³-hybridized carbons (Fsp3) is 0.467. The Bertz CT molecular complexity index is 424. The van der Waals surface area contributed by atoms with Gasteiger partial charge in [0.25, 0.3) is 0 Å². The SMILES string of the molecule is CCCNCC(=Cc1ccc(SC(F)(F)F)cc1)CC. The molecule has 1 rings (SSSR count). The van der Waals surface area contributed by atoms with E-state index in [2.05, 4.69) is 19.2 Å². The number of hydrogen-bond acceptors (Lipinski definition) is 2. The summed E-state index contributed by atoms with van der Waals surface area (Å²) in [6, 6.07) is 6.47. The molecule has 20 heavy (non-hydrogen) atoms. The minimum atomic E-state index is -4.23. The van der Waals surface area contributed by atoms with Gasteiger partial charge in [-0.1, -0.05) is 37.6 Å². The first kappa shape index (κ1) is 17.1. The van der Waals surface area contributed by atoms with E-state index in [1.807, 2.05) is 6.08 Å². The van der Waals surface area contributed by atoms with Crippen molar-refractivity contribution in [3.05, 3.63) is 35.4 Å². The first-order chi connectivity index (χ1) is 9.44. The van der Waals surface area contributed by atoms with E-state index in [0.29, 0.717) is 0 Å². The Balaban J connectivity index is 2.66. The highest BCUT2D eigenvalue weighted by atomic mass is 32.2. The number of benzene rings is 1. The van der Waals surface area contributed by atoms with Crippen molar-refractivity contribution in [3.63, 3.8) is 0 Å². The highest BCUT2D eigenvalue weighted by molar-refractivity contribution is 8.00. The van der Waals surface area contributed by atoms with Crippen LogP contribution in [0.15, 0.2) is 34.7 Å². The van der Waals surface area contributed by atoms with Crippen LogP contribution in [-0.4, -0.2) is 18.6 Å². The maximum atomic E-state index is 12.2. The topological polar surface area (TPSA) is 12.0 Å². The van der Waals surface area contributed by atoms with Crippen LogP contribution in [0.25, 0.3) is 6.08 Å². The third-order valence-electron chi connectivity index (χ3n) is 2.72. The molecule has 0 spiro atoms. The summed E-state index contributed by atoms with van der Waals surface area (Å²) in [7, 11) is 0. The molecule has 0 saturated heterocycles. The Morgan fingerprint density at radius 2 is 1.85 bits per heavy atom. The van der Waals surface area contributed by atoms with E-state index in [1.165, 1.54) is 17.7 Å². The zero-order valence-corrected chi connectivity index (χ0v) is 12.6. The molecule has 112 valence electrons. The fourth-order valence-corrected chi connectivity index (χ4v) is 2.24. The maximum Gasteiger partial charge on any atom is 0.446 e. The Kier molecular flexibility index (Phi) is 7.16. The van der Waals surface area contributed by atoms with Gasteiger partial charge in [0.15, 0.2) is 0 Å². The van der Waals surface area contributed by atoms with Gasteiger partial charge in [0.05, 0.1) is 0 Å². The first-order valence-corrected chi connectivity index (χ1v) is 7.52. The molecule has 0 radical (unpaired) electrons. The molecule has 0 fully saturated rings. The lowest BCUT2D eigenvalue weighted by Gasteiger charge is -2.08. The van der Waals surface area contributed by atoms with Gasteiger partial charge in [0.1, 0.15) is 0 Å². The number of alkyl halides is 3. The number of thioether (sulfide) groups is 1. The van der Waals surface area contributed by atoms with Crippen LogP contribution in [0, 0.1) is 0 Å². The van der Waals surface area contributed by atoms with Crippen LogP contribution >= 0.6 is 11.8 Å². The van der Waals surface area contributed by atoms with Gasteiger partial charge in [-0.3, -0.25) is 0 Å². The van der Waals surface area contributed by atoms with Crippen LogP contribution in [0.2, 0.25) is 0 Å². The van der Waals surface area contributed by atoms with Crippen molar-refractivity contribution in [1.29, 1.82) is 0 Å². The second kappa shape index (κ2) is 8.37. The predicted octanol–water partition coefficient (Wildman–Crippen LogP) is 5.09. The zero-order chi connectivity index (χ0) is 15.0. The van der Waals surface area contributed by atoms with E-state index in [-0.39, 0.29) is 16.7 Å². The molecule has 1 N–H and O–H groups in total. The molecule has 5 heteroatoms. The van der Waals surface area contributed by atoms with Crippen molar-refractivity contribution >= 4 is 17.8 Å². The standard InChI is InChI=1S/C15H20F3NS/c1-3-9-19-11-12(4-2)10-13-5-7-14(8-6-13)20-15(16,17)18/h5-8,10,19H,3-4,9,11H2,1-2H3. The summed E-state index contributed by atoms with van der Waals surface area (Å²) in [6.45, 7) is 5.98. The van der Waals surface area contributed by atoms with Gasteiger partial charge in [0.2, 0.25) is 0 Å². The summed E-state index contributed by atoms with van der Waals surface area (Å²) in [5, 5.41) is 3.33. The summed E-state index contributed by atoms with van der Waals surface area (Å²) >= 11 is -0.0821. The smallest absolute Gasteiger partial charge is 0.313 e. The molecule has 0 aliphatic heterocycles. The second-order valence-corrected chi connectivity index (χ2v) is 5.59. The fourth-order valence-electron chi connectivity index (χ4n) is 1.71. The lowest BCUT2D eigenvalue weighted by atomic mass is 10.1. The average molecular weight is 303 g/mol. The molecule has 0 unspecified atom stereocenters. The van der Waals surface area contributed by atoms with Crippen LogP contribution in [0.3, 0.4) is 0 Å². The summed E-state index contributed by atoms with van der Waals surface area (Å²) < 4.78 is 36.7. The normalized spacial score (nSPS) is 12.8. The lowest BCUT2D eigenvalue weighted by molar-refractivity contribution is -0.0328. The van der Waals surface area contributed by atoms with Crippen molar-refractivity contribution in [2.75, 3.05) is 13.1 Å². The molecule has 0 heterocycles. The van der Waals surface area contributed by atoms with Gasteiger partial charge in [0, 0.05) is 11.4 Å². The molecule has 1 nitrogen and oxygen atoms in total. The Hall–Kier alpha value is -0.940. The summed E-state index contributed by atoms with van der Waals surface area (Å²) in [4.78, 5) is 0.219. The highest BCUT2D eigenvalue weighted by Crippen LogP contribution is 2.36. The van der Waals surface area contributed by atoms with Crippen molar-refractivity contribution in [2.45, 2.75) is 37.1 Å². The largest absolute Gasteiger partial charge is 0.446 e. The Morgan fingerprint density at radius 1 is 1.20 bits per heavy atom. The quantitative estimate of drug-likeness (QED) is 0.556. The van der Waals surface area contributed by atoms with E-state index in [9.17, 15) is 13.2 Å². The first-order valence-electron chi connectivity index (χ1n) is 6.70. The molecular formula is C15H20F3NS. The molecule has 0 saturated carbocycles. The molecular weight excluding hydrogens is 283 g/mol. The van der Waals surface area contributed by atoms with E-state index in [4.69, 9.17) is 0 Å². The van der Waals surface area contributed by atoms with Crippen LogP contribution in [0.5, 0.6) is 0 Å². The predicted molar refractivity (Wildman–Crippen MR) is 79.8 cm³/mol. The molecule has 1 aromatic rings. The van der Waals surface area contributed by atoms with Crippen LogP contribution in [-0.2, 0) is 0 Å². The molecule has 0 aliphatic rings. The van der Waals surface area contributed by atoms with Gasteiger partial charge >= 0.3 is 5.51 Å². The Morgan fingerprint density at radius 3 is 2.35 bits per heavy atom. The van der Waals surface area contributed by atoms with E-state index < -0.39 is 5.51 Å². The van der Waals surface area contributed by atoms with E-state index in [0.717, 1.165) is 31.5 Å². The van der Waals surface area contributed by atoms with Crippen molar-refractivity contribution in [2.24, 2.45) is 0 Å². The number of nitrogens with one attached hydrogen (secondary N) is 1. The summed E-state index contributed by atoms with van der Waals surface area (Å²) in [5.74, 6) is 0. The molecule has 0 bridgehead atoms. The number of halogens is 3. The van der Waals surface area contributed by atoms with Gasteiger partial charge < -0.3 is 5.32 Å². The minimum absolute atomic E-state index is 0.0821. The van der Waals surface area contributed by atoms with Crippen molar-refractivity contribution in [3.8, 4) is 0 Å². The second-order valence-electron chi connectivity index (χ2n) is 4.45. The minimum Gasteiger partial charge on any atom is -0.313 e. The number of rotatable bonds is 7. The van der Waals surface area contributed by atoms with E-state index >= 15 is 0 Å².